The first-order chi connectivity index (χ1) is 13.4. The Labute approximate surface area is 165 Å². The number of carbonyl (C=O) groups excluding carboxylic acids is 3. The van der Waals surface area contributed by atoms with Crippen LogP contribution in [-0.2, 0) is 19.1 Å². The van der Waals surface area contributed by atoms with E-state index in [1.165, 1.54) is 42.0 Å². The molecule has 28 heavy (non-hydrogen) atoms. The first-order valence-electron chi connectivity index (χ1n) is 8.53. The lowest BCUT2D eigenvalue weighted by Gasteiger charge is -2.25. The number of aryl methyl sites for hydroxylation is 1. The second-order valence-corrected chi connectivity index (χ2v) is 7.38. The van der Waals surface area contributed by atoms with Crippen molar-refractivity contribution in [2.24, 2.45) is 0 Å². The smallest absolute Gasteiger partial charge is 0.330 e. The van der Waals surface area contributed by atoms with E-state index >= 15 is 0 Å². The molecule has 2 atom stereocenters. The average Bonchev–Trinajstić information content (AvgIpc) is 3.31. The number of nitrogens with one attached hydrogen (secondary N) is 1. The van der Waals surface area contributed by atoms with E-state index in [-0.39, 0.29) is 11.6 Å². The molecule has 0 saturated carbocycles. The number of rotatable bonds is 5. The van der Waals surface area contributed by atoms with Crippen LogP contribution >= 0.6 is 11.8 Å². The van der Waals surface area contributed by atoms with Gasteiger partial charge in [0.2, 0.25) is 5.91 Å². The number of benzene rings is 1. The van der Waals surface area contributed by atoms with Gasteiger partial charge in [0.1, 0.15) is 23.0 Å². The molecule has 1 aromatic heterocycles. The Kier molecular flexibility index (Phi) is 6.03. The molecule has 1 aliphatic heterocycles. The molecule has 1 N–H and O–H groups in total. The number of esters is 1. The number of halogens is 1. The minimum Gasteiger partial charge on any atom is -0.466 e. The van der Waals surface area contributed by atoms with E-state index in [2.05, 4.69) is 5.32 Å². The molecule has 2 aromatic rings. The summed E-state index contributed by atoms with van der Waals surface area (Å²) < 4.78 is 24.0. The summed E-state index contributed by atoms with van der Waals surface area (Å²) in [6, 6.07) is 6.90. The molecular weight excluding hydrogens is 387 g/mol. The number of hydrogen-bond donors (Lipinski definition) is 1. The maximum absolute atomic E-state index is 13.5. The first kappa shape index (κ1) is 19.9. The highest BCUT2D eigenvalue weighted by Gasteiger charge is 2.43. The van der Waals surface area contributed by atoms with Crippen LogP contribution in [-0.4, -0.2) is 41.1 Å². The average molecular weight is 406 g/mol. The minimum atomic E-state index is -0.817. The van der Waals surface area contributed by atoms with Crippen molar-refractivity contribution >= 4 is 35.2 Å². The van der Waals surface area contributed by atoms with Crippen LogP contribution < -0.4 is 5.32 Å². The van der Waals surface area contributed by atoms with E-state index in [1.54, 1.807) is 25.1 Å². The molecular formula is C19H19FN2O5S. The maximum Gasteiger partial charge on any atom is 0.330 e. The van der Waals surface area contributed by atoms with Gasteiger partial charge in [-0.1, -0.05) is 6.07 Å². The van der Waals surface area contributed by atoms with Gasteiger partial charge in [-0.2, -0.15) is 0 Å². The van der Waals surface area contributed by atoms with Crippen LogP contribution in [0.4, 0.5) is 10.1 Å². The van der Waals surface area contributed by atoms with Crippen molar-refractivity contribution in [1.82, 2.24) is 4.90 Å². The molecule has 0 radical (unpaired) electrons. The fourth-order valence-electron chi connectivity index (χ4n) is 2.82. The van der Waals surface area contributed by atoms with E-state index in [9.17, 15) is 18.8 Å². The number of furan rings is 1. The molecule has 148 valence electrons. The zero-order chi connectivity index (χ0) is 20.3. The molecule has 0 spiro atoms. The number of amides is 2. The predicted octanol–water partition coefficient (Wildman–Crippen LogP) is 2.87. The zero-order valence-electron chi connectivity index (χ0n) is 15.3. The summed E-state index contributed by atoms with van der Waals surface area (Å²) in [5, 5.41) is 2.04. The third kappa shape index (κ3) is 4.36. The van der Waals surface area contributed by atoms with Gasteiger partial charge in [-0.25, -0.2) is 9.18 Å². The predicted molar refractivity (Wildman–Crippen MR) is 101 cm³/mol. The third-order valence-electron chi connectivity index (χ3n) is 4.22. The summed E-state index contributed by atoms with van der Waals surface area (Å²) in [5.41, 5.74) is 0.724. The third-order valence-corrected chi connectivity index (χ3v) is 5.51. The van der Waals surface area contributed by atoms with Crippen LogP contribution in [0.5, 0.6) is 0 Å². The van der Waals surface area contributed by atoms with E-state index in [0.717, 1.165) is 0 Å². The lowest BCUT2D eigenvalue weighted by atomic mass is 10.2. The number of thioether (sulfide) groups is 1. The van der Waals surface area contributed by atoms with Crippen LogP contribution in [0.3, 0.4) is 0 Å². The molecule has 7 nitrogen and oxygen atoms in total. The van der Waals surface area contributed by atoms with Crippen LogP contribution in [0.1, 0.15) is 23.6 Å². The van der Waals surface area contributed by atoms with Gasteiger partial charge in [-0.3, -0.25) is 9.59 Å². The Balaban J connectivity index is 1.58. The highest BCUT2D eigenvalue weighted by atomic mass is 32.2. The quantitative estimate of drug-likeness (QED) is 0.768. The van der Waals surface area contributed by atoms with Gasteiger partial charge >= 0.3 is 5.97 Å². The van der Waals surface area contributed by atoms with Crippen molar-refractivity contribution in [2.45, 2.75) is 25.3 Å². The molecule has 0 aliphatic carbocycles. The lowest BCUT2D eigenvalue weighted by Crippen LogP contribution is -2.43. The minimum absolute atomic E-state index is 0.267. The molecule has 1 saturated heterocycles. The number of anilines is 1. The molecule has 0 unspecified atom stereocenters. The van der Waals surface area contributed by atoms with Gasteiger partial charge in [0.15, 0.2) is 6.61 Å². The highest BCUT2D eigenvalue weighted by molar-refractivity contribution is 7.99. The fourth-order valence-corrected chi connectivity index (χ4v) is 4.24. The SMILES string of the molecule is CC(=O)N1[C@@H](C(=O)OCC(=O)Nc2ccc(C)c(F)c2)CS[C@@H]1c1ccco1. The standard InChI is InChI=1S/C19H19FN2O5S/c1-11-5-6-13(8-14(11)20)21-17(24)9-27-19(25)15-10-28-18(22(15)12(2)23)16-4-3-7-26-16/h3-8,15,18H,9-10H2,1-2H3,(H,21,24)/t15-,18-/m1/s1. The normalized spacial score (nSPS) is 18.8. The van der Waals surface area contributed by atoms with E-state index in [0.29, 0.717) is 17.1 Å². The molecule has 1 fully saturated rings. The van der Waals surface area contributed by atoms with Crippen molar-refractivity contribution in [1.29, 1.82) is 0 Å². The second-order valence-electron chi connectivity index (χ2n) is 6.26. The molecule has 3 rings (SSSR count). The van der Waals surface area contributed by atoms with Crippen molar-refractivity contribution in [2.75, 3.05) is 17.7 Å². The Hall–Kier alpha value is -2.81. The first-order valence-corrected chi connectivity index (χ1v) is 9.58. The van der Waals surface area contributed by atoms with Crippen LogP contribution in [0.25, 0.3) is 0 Å². The Morgan fingerprint density at radius 2 is 2.14 bits per heavy atom. The van der Waals surface area contributed by atoms with Crippen LogP contribution in [0, 0.1) is 12.7 Å². The number of carbonyl (C=O) groups is 3. The van der Waals surface area contributed by atoms with Crippen molar-refractivity contribution < 1.29 is 27.9 Å². The van der Waals surface area contributed by atoms with E-state index in [4.69, 9.17) is 9.15 Å². The molecule has 1 aliphatic rings. The van der Waals surface area contributed by atoms with Gasteiger partial charge in [0.05, 0.1) is 6.26 Å². The summed E-state index contributed by atoms with van der Waals surface area (Å²) in [6.45, 7) is 2.44. The largest absolute Gasteiger partial charge is 0.466 e. The topological polar surface area (TPSA) is 88.8 Å². The monoisotopic (exact) mass is 406 g/mol. The van der Waals surface area contributed by atoms with Gasteiger partial charge in [-0.05, 0) is 36.8 Å². The fraction of sp³-hybridized carbons (Fsp3) is 0.316. The molecule has 2 heterocycles. The molecule has 2 amide bonds. The maximum atomic E-state index is 13.5. The number of hydrogen-bond acceptors (Lipinski definition) is 6. The van der Waals surface area contributed by atoms with Crippen LogP contribution in [0.15, 0.2) is 41.0 Å². The lowest BCUT2D eigenvalue weighted by molar-refractivity contribution is -0.155. The Morgan fingerprint density at radius 1 is 1.36 bits per heavy atom. The van der Waals surface area contributed by atoms with Gasteiger partial charge < -0.3 is 19.4 Å². The number of ether oxygens (including phenoxy) is 1. The second kappa shape index (κ2) is 8.47. The van der Waals surface area contributed by atoms with Crippen LogP contribution in [0.2, 0.25) is 0 Å². The summed E-state index contributed by atoms with van der Waals surface area (Å²) in [4.78, 5) is 37.9. The van der Waals surface area contributed by atoms with Crippen molar-refractivity contribution in [3.8, 4) is 0 Å². The van der Waals surface area contributed by atoms with Gasteiger partial charge in [0, 0.05) is 18.4 Å². The van der Waals surface area contributed by atoms with E-state index in [1.807, 2.05) is 0 Å². The summed E-state index contributed by atoms with van der Waals surface area (Å²) >= 11 is 1.38. The molecule has 0 bridgehead atoms. The summed E-state index contributed by atoms with van der Waals surface area (Å²) in [6.07, 6.45) is 1.50. The molecule has 1 aromatic carbocycles. The Bertz CT molecular complexity index is 886. The van der Waals surface area contributed by atoms with Gasteiger partial charge in [-0.15, -0.1) is 11.8 Å². The van der Waals surface area contributed by atoms with Crippen molar-refractivity contribution in [3.05, 3.63) is 53.7 Å². The Morgan fingerprint density at radius 3 is 2.79 bits per heavy atom. The van der Waals surface area contributed by atoms with Gasteiger partial charge in [0.25, 0.3) is 5.91 Å². The zero-order valence-corrected chi connectivity index (χ0v) is 16.1. The summed E-state index contributed by atoms with van der Waals surface area (Å²) in [5.74, 6) is -1.13. The van der Waals surface area contributed by atoms with E-state index < -0.39 is 35.7 Å². The summed E-state index contributed by atoms with van der Waals surface area (Å²) in [7, 11) is 0. The highest BCUT2D eigenvalue weighted by Crippen LogP contribution is 2.41. The van der Waals surface area contributed by atoms with Crippen molar-refractivity contribution in [3.63, 3.8) is 0 Å². The molecule has 9 heteroatoms. The number of nitrogens with zero attached hydrogens (tertiary/aromatic N) is 1.